The van der Waals surface area contributed by atoms with Crippen LogP contribution in [0.1, 0.15) is 6.42 Å². The first-order valence-corrected chi connectivity index (χ1v) is 2.86. The van der Waals surface area contributed by atoms with E-state index in [4.69, 9.17) is 15.3 Å². The van der Waals surface area contributed by atoms with Crippen LogP contribution < -0.4 is 0 Å². The molecule has 0 saturated carbocycles. The first-order chi connectivity index (χ1) is 4.20. The van der Waals surface area contributed by atoms with Crippen molar-refractivity contribution in [2.24, 2.45) is 0 Å². The molecule has 2 unspecified atom stereocenters. The molecule has 0 bridgehead atoms. The molecule has 54 valence electrons. The molecule has 9 heavy (non-hydrogen) atoms. The SMILES string of the molecule is OC1CC(O)[C@H](O)CO1. The molecule has 0 aromatic rings. The van der Waals surface area contributed by atoms with E-state index in [0.29, 0.717) is 0 Å². The van der Waals surface area contributed by atoms with Gasteiger partial charge in [-0.05, 0) is 0 Å². The van der Waals surface area contributed by atoms with Crippen molar-refractivity contribution in [3.8, 4) is 0 Å². The molecule has 1 saturated heterocycles. The smallest absolute Gasteiger partial charge is 0.157 e. The van der Waals surface area contributed by atoms with Gasteiger partial charge in [-0.15, -0.1) is 0 Å². The summed E-state index contributed by atoms with van der Waals surface area (Å²) in [6.07, 6.45) is -2.49. The Morgan fingerprint density at radius 1 is 1.11 bits per heavy atom. The van der Waals surface area contributed by atoms with Crippen molar-refractivity contribution in [2.45, 2.75) is 24.9 Å². The monoisotopic (exact) mass is 134 g/mol. The average molecular weight is 134 g/mol. The standard InChI is InChI=1S/C5H10O4/c6-3-1-5(8)9-2-4(3)7/h3-8H,1-2H2/t3?,4-,5?/m1/s1. The Morgan fingerprint density at radius 3 is 2.22 bits per heavy atom. The highest BCUT2D eigenvalue weighted by Gasteiger charge is 2.26. The summed E-state index contributed by atoms with van der Waals surface area (Å²) in [4.78, 5) is 0. The molecule has 4 heteroatoms. The van der Waals surface area contributed by atoms with Crippen LogP contribution in [0.15, 0.2) is 0 Å². The predicted molar refractivity (Wildman–Crippen MR) is 28.6 cm³/mol. The van der Waals surface area contributed by atoms with Gasteiger partial charge in [0.05, 0.1) is 12.7 Å². The fourth-order valence-corrected chi connectivity index (χ4v) is 0.752. The average Bonchev–Trinajstić information content (AvgIpc) is 1.80. The summed E-state index contributed by atoms with van der Waals surface area (Å²) in [5.41, 5.74) is 0. The zero-order chi connectivity index (χ0) is 6.85. The minimum atomic E-state index is -0.914. The number of aliphatic hydroxyl groups is 3. The van der Waals surface area contributed by atoms with E-state index in [2.05, 4.69) is 4.74 Å². The van der Waals surface area contributed by atoms with Crippen LogP contribution in [0.25, 0.3) is 0 Å². The van der Waals surface area contributed by atoms with Crippen molar-refractivity contribution in [3.63, 3.8) is 0 Å². The maximum atomic E-state index is 8.86. The highest BCUT2D eigenvalue weighted by atomic mass is 16.6. The Morgan fingerprint density at radius 2 is 1.78 bits per heavy atom. The van der Waals surface area contributed by atoms with Crippen molar-refractivity contribution in [1.82, 2.24) is 0 Å². The summed E-state index contributed by atoms with van der Waals surface area (Å²) in [7, 11) is 0. The maximum Gasteiger partial charge on any atom is 0.157 e. The number of aliphatic hydroxyl groups excluding tert-OH is 3. The van der Waals surface area contributed by atoms with E-state index >= 15 is 0 Å². The van der Waals surface area contributed by atoms with Crippen molar-refractivity contribution < 1.29 is 20.1 Å². The molecule has 0 spiro atoms. The van der Waals surface area contributed by atoms with E-state index in [-0.39, 0.29) is 13.0 Å². The second-order valence-corrected chi connectivity index (χ2v) is 2.16. The van der Waals surface area contributed by atoms with Gasteiger partial charge >= 0.3 is 0 Å². The molecule has 1 rings (SSSR count). The van der Waals surface area contributed by atoms with Crippen LogP contribution in [-0.4, -0.2) is 40.4 Å². The molecule has 1 aliphatic rings. The van der Waals surface area contributed by atoms with E-state index < -0.39 is 18.5 Å². The van der Waals surface area contributed by atoms with E-state index in [1.165, 1.54) is 0 Å². The Balaban J connectivity index is 2.35. The van der Waals surface area contributed by atoms with Crippen LogP contribution in [0.5, 0.6) is 0 Å². The van der Waals surface area contributed by atoms with Crippen LogP contribution in [0.2, 0.25) is 0 Å². The molecule has 4 nitrogen and oxygen atoms in total. The third-order valence-corrected chi connectivity index (χ3v) is 1.35. The van der Waals surface area contributed by atoms with Crippen molar-refractivity contribution in [2.75, 3.05) is 6.61 Å². The Labute approximate surface area is 52.7 Å². The van der Waals surface area contributed by atoms with E-state index in [1.807, 2.05) is 0 Å². The molecule has 1 heterocycles. The summed E-state index contributed by atoms with van der Waals surface area (Å²) in [5, 5.41) is 26.4. The van der Waals surface area contributed by atoms with Crippen LogP contribution in [-0.2, 0) is 4.74 Å². The fraction of sp³-hybridized carbons (Fsp3) is 1.00. The molecule has 3 atom stereocenters. The molecule has 1 fully saturated rings. The van der Waals surface area contributed by atoms with Crippen LogP contribution >= 0.6 is 0 Å². The molecule has 0 aromatic carbocycles. The summed E-state index contributed by atoms with van der Waals surface area (Å²) in [5.74, 6) is 0. The van der Waals surface area contributed by atoms with E-state index in [0.717, 1.165) is 0 Å². The second-order valence-electron chi connectivity index (χ2n) is 2.16. The van der Waals surface area contributed by atoms with E-state index in [1.54, 1.807) is 0 Å². The molecule has 0 aliphatic carbocycles. The number of hydrogen-bond acceptors (Lipinski definition) is 4. The summed E-state index contributed by atoms with van der Waals surface area (Å²) >= 11 is 0. The van der Waals surface area contributed by atoms with Gasteiger partial charge in [0, 0.05) is 6.42 Å². The first-order valence-electron chi connectivity index (χ1n) is 2.86. The summed E-state index contributed by atoms with van der Waals surface area (Å²) in [6, 6.07) is 0. The summed E-state index contributed by atoms with van der Waals surface area (Å²) < 4.78 is 4.61. The van der Waals surface area contributed by atoms with Crippen LogP contribution in [0.4, 0.5) is 0 Å². The zero-order valence-electron chi connectivity index (χ0n) is 4.90. The highest BCUT2D eigenvalue weighted by Crippen LogP contribution is 2.11. The third-order valence-electron chi connectivity index (χ3n) is 1.35. The lowest BCUT2D eigenvalue weighted by molar-refractivity contribution is -0.193. The predicted octanol–water partition coefficient (Wildman–Crippen LogP) is -1.55. The molecule has 3 N–H and O–H groups in total. The van der Waals surface area contributed by atoms with Gasteiger partial charge in [-0.1, -0.05) is 0 Å². The molecular formula is C5H10O4. The summed E-state index contributed by atoms with van der Waals surface area (Å²) in [6.45, 7) is 0.0162. The van der Waals surface area contributed by atoms with Gasteiger partial charge in [-0.2, -0.15) is 0 Å². The lowest BCUT2D eigenvalue weighted by atomic mass is 10.1. The number of rotatable bonds is 0. The van der Waals surface area contributed by atoms with Gasteiger partial charge < -0.3 is 20.1 Å². The minimum absolute atomic E-state index is 0.0162. The molecule has 0 radical (unpaired) electrons. The Hall–Kier alpha value is -0.160. The van der Waals surface area contributed by atoms with Gasteiger partial charge in [-0.3, -0.25) is 0 Å². The highest BCUT2D eigenvalue weighted by molar-refractivity contribution is 4.72. The normalized spacial score (nSPS) is 45.0. The molecular weight excluding hydrogens is 124 g/mol. The zero-order valence-corrected chi connectivity index (χ0v) is 4.90. The second kappa shape index (κ2) is 2.62. The topological polar surface area (TPSA) is 69.9 Å². The molecule has 0 amide bonds. The van der Waals surface area contributed by atoms with Crippen molar-refractivity contribution >= 4 is 0 Å². The van der Waals surface area contributed by atoms with Crippen molar-refractivity contribution in [1.29, 1.82) is 0 Å². The first kappa shape index (κ1) is 6.95. The van der Waals surface area contributed by atoms with Gasteiger partial charge in [0.1, 0.15) is 6.10 Å². The Bertz CT molecular complexity index is 95.0. The van der Waals surface area contributed by atoms with Gasteiger partial charge in [0.25, 0.3) is 0 Å². The van der Waals surface area contributed by atoms with Crippen LogP contribution in [0.3, 0.4) is 0 Å². The molecule has 1 aliphatic heterocycles. The minimum Gasteiger partial charge on any atom is -0.390 e. The quantitative estimate of drug-likeness (QED) is 0.375. The molecule has 0 aromatic heterocycles. The Kier molecular flexibility index (Phi) is 2.02. The number of ether oxygens (including phenoxy) is 1. The van der Waals surface area contributed by atoms with Crippen molar-refractivity contribution in [3.05, 3.63) is 0 Å². The third kappa shape index (κ3) is 1.62. The lowest BCUT2D eigenvalue weighted by Gasteiger charge is -2.26. The van der Waals surface area contributed by atoms with Gasteiger partial charge in [-0.25, -0.2) is 0 Å². The lowest BCUT2D eigenvalue weighted by Crippen LogP contribution is -2.40. The number of hydrogen-bond donors (Lipinski definition) is 3. The van der Waals surface area contributed by atoms with Crippen LogP contribution in [0, 0.1) is 0 Å². The fourth-order valence-electron chi connectivity index (χ4n) is 0.752. The van der Waals surface area contributed by atoms with Gasteiger partial charge in [0.2, 0.25) is 0 Å². The maximum absolute atomic E-state index is 8.86. The van der Waals surface area contributed by atoms with Gasteiger partial charge in [0.15, 0.2) is 6.29 Å². The largest absolute Gasteiger partial charge is 0.390 e. The van der Waals surface area contributed by atoms with E-state index in [9.17, 15) is 0 Å².